The number of amides is 1. The molecule has 28 heavy (non-hydrogen) atoms. The van der Waals surface area contributed by atoms with E-state index in [0.29, 0.717) is 18.2 Å². The van der Waals surface area contributed by atoms with E-state index >= 15 is 0 Å². The first-order chi connectivity index (χ1) is 12.0. The molecule has 0 bridgehead atoms. The Hall–Kier alpha value is -0.560. The number of carbonyl (C=O) groups is 1. The SMILES string of the molecule is CC1(C)CN(C(CNC(=O)[C@@H](N)C(C)(C)C)c2ccc(Cl)cc2)CCO1.Cl.Cl. The summed E-state index contributed by atoms with van der Waals surface area (Å²) in [5, 5.41) is 3.75. The average Bonchev–Trinajstić information content (AvgIpc) is 2.54. The third kappa shape index (κ3) is 7.69. The molecule has 2 rings (SSSR count). The van der Waals surface area contributed by atoms with E-state index in [1.165, 1.54) is 0 Å². The minimum atomic E-state index is -0.547. The van der Waals surface area contributed by atoms with Crippen LogP contribution < -0.4 is 11.1 Å². The lowest BCUT2D eigenvalue weighted by atomic mass is 9.87. The molecule has 1 saturated heterocycles. The zero-order valence-corrected chi connectivity index (χ0v) is 19.7. The topological polar surface area (TPSA) is 67.6 Å². The lowest BCUT2D eigenvalue weighted by Crippen LogP contribution is -2.53. The highest BCUT2D eigenvalue weighted by Crippen LogP contribution is 2.27. The van der Waals surface area contributed by atoms with Crippen LogP contribution in [0.25, 0.3) is 0 Å². The highest BCUT2D eigenvalue weighted by Gasteiger charge is 2.33. The number of rotatable bonds is 5. The second-order valence-electron chi connectivity index (χ2n) is 8.73. The van der Waals surface area contributed by atoms with Crippen molar-refractivity contribution in [1.29, 1.82) is 0 Å². The van der Waals surface area contributed by atoms with Gasteiger partial charge in [0.1, 0.15) is 0 Å². The molecule has 0 spiro atoms. The molecule has 0 aliphatic carbocycles. The van der Waals surface area contributed by atoms with Crippen molar-refractivity contribution in [2.24, 2.45) is 11.1 Å². The number of halogens is 3. The Bertz CT molecular complexity index is 618. The van der Waals surface area contributed by atoms with Gasteiger partial charge in [0.05, 0.1) is 24.3 Å². The number of carbonyl (C=O) groups excluding carboxylic acids is 1. The first kappa shape index (κ1) is 27.4. The third-order valence-electron chi connectivity index (χ3n) is 4.84. The Morgan fingerprint density at radius 1 is 1.29 bits per heavy atom. The maximum atomic E-state index is 12.5. The Kier molecular flexibility index (Phi) is 10.8. The lowest BCUT2D eigenvalue weighted by molar-refractivity contribution is -0.125. The molecule has 0 aromatic heterocycles. The molecule has 1 aliphatic heterocycles. The Morgan fingerprint density at radius 3 is 2.36 bits per heavy atom. The van der Waals surface area contributed by atoms with Gasteiger partial charge in [-0.15, -0.1) is 24.8 Å². The van der Waals surface area contributed by atoms with Crippen LogP contribution in [0.3, 0.4) is 0 Å². The lowest BCUT2D eigenvalue weighted by Gasteiger charge is -2.42. The van der Waals surface area contributed by atoms with Gasteiger partial charge in [-0.3, -0.25) is 9.69 Å². The van der Waals surface area contributed by atoms with Crippen LogP contribution in [0, 0.1) is 5.41 Å². The molecule has 1 amide bonds. The number of nitrogens with one attached hydrogen (secondary N) is 1. The largest absolute Gasteiger partial charge is 0.373 e. The molecule has 0 saturated carbocycles. The second kappa shape index (κ2) is 11.0. The van der Waals surface area contributed by atoms with Gasteiger partial charge < -0.3 is 15.8 Å². The number of benzene rings is 1. The van der Waals surface area contributed by atoms with Crippen molar-refractivity contribution in [2.45, 2.75) is 52.3 Å². The summed E-state index contributed by atoms with van der Waals surface area (Å²) in [6, 6.07) is 7.31. The van der Waals surface area contributed by atoms with Gasteiger partial charge in [0, 0.05) is 24.7 Å². The van der Waals surface area contributed by atoms with Crippen LogP contribution in [0.15, 0.2) is 24.3 Å². The fourth-order valence-corrected chi connectivity index (χ4v) is 3.29. The molecule has 2 atom stereocenters. The summed E-state index contributed by atoms with van der Waals surface area (Å²) in [6.45, 7) is 12.9. The molecule has 5 nitrogen and oxygen atoms in total. The minimum Gasteiger partial charge on any atom is -0.373 e. The predicted molar refractivity (Wildman–Crippen MR) is 121 cm³/mol. The van der Waals surface area contributed by atoms with Gasteiger partial charge in [-0.05, 0) is 37.0 Å². The van der Waals surface area contributed by atoms with Crippen molar-refractivity contribution in [1.82, 2.24) is 10.2 Å². The molecule has 0 radical (unpaired) electrons. The molecule has 1 fully saturated rings. The predicted octanol–water partition coefficient (Wildman–Crippen LogP) is 3.83. The van der Waals surface area contributed by atoms with E-state index in [-0.39, 0.29) is 47.8 Å². The molecular weight excluding hydrogens is 421 g/mol. The van der Waals surface area contributed by atoms with Gasteiger partial charge in [-0.1, -0.05) is 44.5 Å². The molecule has 162 valence electrons. The van der Waals surface area contributed by atoms with E-state index in [9.17, 15) is 4.79 Å². The Labute approximate surface area is 186 Å². The van der Waals surface area contributed by atoms with Crippen molar-refractivity contribution in [3.8, 4) is 0 Å². The fraction of sp³-hybridized carbons (Fsp3) is 0.650. The summed E-state index contributed by atoms with van der Waals surface area (Å²) >= 11 is 6.05. The van der Waals surface area contributed by atoms with Gasteiger partial charge >= 0.3 is 0 Å². The number of hydrogen-bond acceptors (Lipinski definition) is 4. The maximum Gasteiger partial charge on any atom is 0.237 e. The smallest absolute Gasteiger partial charge is 0.237 e. The van der Waals surface area contributed by atoms with Crippen molar-refractivity contribution in [3.05, 3.63) is 34.9 Å². The zero-order valence-electron chi connectivity index (χ0n) is 17.3. The maximum absolute atomic E-state index is 12.5. The number of hydrogen-bond donors (Lipinski definition) is 2. The number of nitrogens with two attached hydrogens (primary N) is 1. The van der Waals surface area contributed by atoms with E-state index in [2.05, 4.69) is 24.1 Å². The van der Waals surface area contributed by atoms with Crippen molar-refractivity contribution in [2.75, 3.05) is 26.2 Å². The highest BCUT2D eigenvalue weighted by atomic mass is 35.5. The molecule has 1 aromatic carbocycles. The summed E-state index contributed by atoms with van der Waals surface area (Å²) in [4.78, 5) is 14.8. The summed E-state index contributed by atoms with van der Waals surface area (Å²) in [6.07, 6.45) is 0. The average molecular weight is 455 g/mol. The van der Waals surface area contributed by atoms with E-state index in [4.69, 9.17) is 22.1 Å². The van der Waals surface area contributed by atoms with Crippen LogP contribution in [-0.2, 0) is 9.53 Å². The number of nitrogens with zero attached hydrogens (tertiary/aromatic N) is 1. The van der Waals surface area contributed by atoms with Gasteiger partial charge in [-0.2, -0.15) is 0 Å². The molecule has 1 aliphatic rings. The van der Waals surface area contributed by atoms with E-state index in [0.717, 1.165) is 18.7 Å². The van der Waals surface area contributed by atoms with Crippen molar-refractivity contribution < 1.29 is 9.53 Å². The Balaban J connectivity index is 0.00000364. The summed E-state index contributed by atoms with van der Waals surface area (Å²) < 4.78 is 5.84. The van der Waals surface area contributed by atoms with Crippen LogP contribution in [0.2, 0.25) is 5.02 Å². The van der Waals surface area contributed by atoms with Gasteiger partial charge in [0.25, 0.3) is 0 Å². The minimum absolute atomic E-state index is 0. The molecule has 1 unspecified atom stereocenters. The zero-order chi connectivity index (χ0) is 19.5. The van der Waals surface area contributed by atoms with E-state index < -0.39 is 6.04 Å². The first-order valence-corrected chi connectivity index (χ1v) is 9.54. The second-order valence-corrected chi connectivity index (χ2v) is 9.17. The molecule has 3 N–H and O–H groups in total. The van der Waals surface area contributed by atoms with Crippen LogP contribution in [0.1, 0.15) is 46.2 Å². The first-order valence-electron chi connectivity index (χ1n) is 9.16. The monoisotopic (exact) mass is 453 g/mol. The van der Waals surface area contributed by atoms with Crippen molar-refractivity contribution in [3.63, 3.8) is 0 Å². The van der Waals surface area contributed by atoms with Crippen LogP contribution in [0.5, 0.6) is 0 Å². The highest BCUT2D eigenvalue weighted by molar-refractivity contribution is 6.30. The van der Waals surface area contributed by atoms with E-state index in [1.54, 1.807) is 0 Å². The normalized spacial score (nSPS) is 19.0. The third-order valence-corrected chi connectivity index (χ3v) is 5.09. The van der Waals surface area contributed by atoms with Crippen LogP contribution in [-0.4, -0.2) is 48.7 Å². The standard InChI is InChI=1S/C20H32ClN3O2.2ClH/c1-19(2,3)17(22)18(25)23-12-16(14-6-8-15(21)9-7-14)24-10-11-26-20(4,5)13-24;;/h6-9,16-17H,10-13,22H2,1-5H3,(H,23,25);2*1H/t16?,17-;;/m1../s1. The van der Waals surface area contributed by atoms with Crippen LogP contribution in [0.4, 0.5) is 0 Å². The summed E-state index contributed by atoms with van der Waals surface area (Å²) in [5.74, 6) is -0.121. The molecule has 1 aromatic rings. The van der Waals surface area contributed by atoms with Gasteiger partial charge in [-0.25, -0.2) is 0 Å². The Morgan fingerprint density at radius 2 is 1.86 bits per heavy atom. The molecule has 1 heterocycles. The van der Waals surface area contributed by atoms with Crippen LogP contribution >= 0.6 is 36.4 Å². The molecular formula is C20H34Cl3N3O2. The van der Waals surface area contributed by atoms with Gasteiger partial charge in [0.2, 0.25) is 5.91 Å². The fourth-order valence-electron chi connectivity index (χ4n) is 3.16. The molecule has 8 heteroatoms. The summed E-state index contributed by atoms with van der Waals surface area (Å²) in [5.41, 5.74) is 6.73. The van der Waals surface area contributed by atoms with Crippen molar-refractivity contribution >= 4 is 42.3 Å². The number of ether oxygens (including phenoxy) is 1. The number of morpholine rings is 1. The summed E-state index contributed by atoms with van der Waals surface area (Å²) in [7, 11) is 0. The quantitative estimate of drug-likeness (QED) is 0.709. The van der Waals surface area contributed by atoms with E-state index in [1.807, 2.05) is 45.0 Å². The van der Waals surface area contributed by atoms with Gasteiger partial charge in [0.15, 0.2) is 0 Å².